The molecule has 2 unspecified atom stereocenters. The van der Waals surface area contributed by atoms with Crippen molar-refractivity contribution in [2.75, 3.05) is 18.8 Å². The number of carbonyl (C=O) groups is 1. The SMILES string of the molecule is CC(O)C1CCN(C(=O)c2cnccc2N)C1. The molecule has 0 spiro atoms. The molecule has 2 heterocycles. The van der Waals surface area contributed by atoms with Crippen molar-refractivity contribution in [2.24, 2.45) is 5.92 Å². The lowest BCUT2D eigenvalue weighted by Crippen LogP contribution is -2.31. The molecule has 1 saturated heterocycles. The van der Waals surface area contributed by atoms with Gasteiger partial charge in [0.15, 0.2) is 0 Å². The zero-order valence-corrected chi connectivity index (χ0v) is 9.84. The predicted octanol–water partition coefficient (Wildman–Crippen LogP) is 0.507. The van der Waals surface area contributed by atoms with Crippen molar-refractivity contribution in [3.8, 4) is 0 Å². The van der Waals surface area contributed by atoms with Crippen LogP contribution in [-0.4, -0.2) is 40.1 Å². The van der Waals surface area contributed by atoms with E-state index in [9.17, 15) is 9.90 Å². The van der Waals surface area contributed by atoms with Gasteiger partial charge in [0.2, 0.25) is 0 Å². The van der Waals surface area contributed by atoms with Gasteiger partial charge in [-0.1, -0.05) is 0 Å². The van der Waals surface area contributed by atoms with Gasteiger partial charge in [-0.3, -0.25) is 9.78 Å². The number of aromatic nitrogens is 1. The number of pyridine rings is 1. The van der Waals surface area contributed by atoms with Gasteiger partial charge >= 0.3 is 0 Å². The van der Waals surface area contributed by atoms with Gasteiger partial charge < -0.3 is 15.7 Å². The zero-order chi connectivity index (χ0) is 12.4. The Morgan fingerprint density at radius 3 is 3.06 bits per heavy atom. The first kappa shape index (κ1) is 11.9. The van der Waals surface area contributed by atoms with E-state index in [2.05, 4.69) is 4.98 Å². The quantitative estimate of drug-likeness (QED) is 0.782. The third kappa shape index (κ3) is 2.39. The van der Waals surface area contributed by atoms with E-state index in [0.29, 0.717) is 24.3 Å². The standard InChI is InChI=1S/C12H17N3O2/c1-8(16)9-3-5-15(7-9)12(17)10-6-14-4-2-11(10)13/h2,4,6,8-9,16H,3,5,7H2,1H3,(H2,13,14). The number of likely N-dealkylation sites (tertiary alicyclic amines) is 1. The number of aliphatic hydroxyl groups is 1. The molecular formula is C12H17N3O2. The Morgan fingerprint density at radius 2 is 2.47 bits per heavy atom. The van der Waals surface area contributed by atoms with Crippen LogP contribution in [0.4, 0.5) is 5.69 Å². The molecule has 0 bridgehead atoms. The Labute approximate surface area is 100 Å². The summed E-state index contributed by atoms with van der Waals surface area (Å²) < 4.78 is 0. The van der Waals surface area contributed by atoms with E-state index < -0.39 is 0 Å². The maximum absolute atomic E-state index is 12.2. The molecule has 0 saturated carbocycles. The van der Waals surface area contributed by atoms with Crippen LogP contribution in [-0.2, 0) is 0 Å². The third-order valence-corrected chi connectivity index (χ3v) is 3.28. The molecule has 1 amide bonds. The Hall–Kier alpha value is -1.62. The molecule has 3 N–H and O–H groups in total. The lowest BCUT2D eigenvalue weighted by Gasteiger charge is -2.18. The van der Waals surface area contributed by atoms with Gasteiger partial charge in [0.1, 0.15) is 0 Å². The van der Waals surface area contributed by atoms with Crippen LogP contribution >= 0.6 is 0 Å². The number of amides is 1. The lowest BCUT2D eigenvalue weighted by molar-refractivity contribution is 0.0763. The van der Waals surface area contributed by atoms with Crippen LogP contribution in [0.5, 0.6) is 0 Å². The van der Waals surface area contributed by atoms with Crippen molar-refractivity contribution in [1.82, 2.24) is 9.88 Å². The number of hydrogen-bond donors (Lipinski definition) is 2. The third-order valence-electron chi connectivity index (χ3n) is 3.28. The molecule has 0 aliphatic carbocycles. The van der Waals surface area contributed by atoms with Crippen LogP contribution < -0.4 is 5.73 Å². The first-order chi connectivity index (χ1) is 8.09. The van der Waals surface area contributed by atoms with Gasteiger partial charge in [0.25, 0.3) is 5.91 Å². The van der Waals surface area contributed by atoms with E-state index in [0.717, 1.165) is 6.42 Å². The normalized spacial score (nSPS) is 21.5. The van der Waals surface area contributed by atoms with Crippen molar-refractivity contribution in [1.29, 1.82) is 0 Å². The monoisotopic (exact) mass is 235 g/mol. The summed E-state index contributed by atoms with van der Waals surface area (Å²) in [7, 11) is 0. The maximum atomic E-state index is 12.2. The van der Waals surface area contributed by atoms with Gasteiger partial charge in [-0.25, -0.2) is 0 Å². The van der Waals surface area contributed by atoms with Crippen LogP contribution in [0.15, 0.2) is 18.5 Å². The molecule has 1 fully saturated rings. The average Bonchev–Trinajstić information content (AvgIpc) is 2.78. The molecule has 2 atom stereocenters. The van der Waals surface area contributed by atoms with E-state index in [1.165, 1.54) is 6.20 Å². The second kappa shape index (κ2) is 4.71. The van der Waals surface area contributed by atoms with Crippen molar-refractivity contribution in [3.63, 3.8) is 0 Å². The largest absolute Gasteiger partial charge is 0.398 e. The van der Waals surface area contributed by atoms with Crippen molar-refractivity contribution >= 4 is 11.6 Å². The van der Waals surface area contributed by atoms with E-state index in [-0.39, 0.29) is 17.9 Å². The van der Waals surface area contributed by atoms with E-state index in [1.54, 1.807) is 24.1 Å². The van der Waals surface area contributed by atoms with E-state index in [4.69, 9.17) is 5.73 Å². The van der Waals surface area contributed by atoms with Crippen LogP contribution in [0, 0.1) is 5.92 Å². The Bertz CT molecular complexity index is 420. The van der Waals surface area contributed by atoms with Crippen LogP contribution in [0.3, 0.4) is 0 Å². The Morgan fingerprint density at radius 1 is 1.71 bits per heavy atom. The number of nitrogens with zero attached hydrogens (tertiary/aromatic N) is 2. The van der Waals surface area contributed by atoms with Gasteiger partial charge in [-0.2, -0.15) is 0 Å². The second-order valence-corrected chi connectivity index (χ2v) is 4.50. The molecule has 92 valence electrons. The highest BCUT2D eigenvalue weighted by Gasteiger charge is 2.30. The van der Waals surface area contributed by atoms with E-state index >= 15 is 0 Å². The fourth-order valence-corrected chi connectivity index (χ4v) is 2.12. The van der Waals surface area contributed by atoms with E-state index in [1.807, 2.05) is 0 Å². The summed E-state index contributed by atoms with van der Waals surface area (Å²) in [4.78, 5) is 17.8. The number of nitrogen functional groups attached to an aromatic ring is 1. The molecule has 1 aromatic rings. The number of carbonyl (C=O) groups excluding carboxylic acids is 1. The highest BCUT2D eigenvalue weighted by atomic mass is 16.3. The molecule has 5 heteroatoms. The highest BCUT2D eigenvalue weighted by Crippen LogP contribution is 2.22. The maximum Gasteiger partial charge on any atom is 0.257 e. The number of nitrogens with two attached hydrogens (primary N) is 1. The summed E-state index contributed by atoms with van der Waals surface area (Å²) in [5.41, 5.74) is 6.64. The molecule has 0 aromatic carbocycles. The fraction of sp³-hybridized carbons (Fsp3) is 0.500. The molecule has 0 radical (unpaired) electrons. The number of hydrogen-bond acceptors (Lipinski definition) is 4. The molecule has 1 aromatic heterocycles. The van der Waals surface area contributed by atoms with Gasteiger partial charge in [0.05, 0.1) is 11.7 Å². The summed E-state index contributed by atoms with van der Waals surface area (Å²) >= 11 is 0. The number of anilines is 1. The summed E-state index contributed by atoms with van der Waals surface area (Å²) in [5, 5.41) is 9.50. The first-order valence-electron chi connectivity index (χ1n) is 5.76. The van der Waals surface area contributed by atoms with Crippen LogP contribution in [0.2, 0.25) is 0 Å². The summed E-state index contributed by atoms with van der Waals surface area (Å²) in [6.45, 7) is 3.02. The van der Waals surface area contributed by atoms with Crippen molar-refractivity contribution < 1.29 is 9.90 Å². The minimum Gasteiger partial charge on any atom is -0.398 e. The van der Waals surface area contributed by atoms with Gasteiger partial charge in [-0.05, 0) is 19.4 Å². The lowest BCUT2D eigenvalue weighted by atomic mass is 10.0. The number of aliphatic hydroxyl groups excluding tert-OH is 1. The molecule has 2 rings (SSSR count). The summed E-state index contributed by atoms with van der Waals surface area (Å²) in [6, 6.07) is 1.62. The average molecular weight is 235 g/mol. The Kier molecular flexibility index (Phi) is 3.28. The summed E-state index contributed by atoms with van der Waals surface area (Å²) in [5.74, 6) is 0.0654. The van der Waals surface area contributed by atoms with Gasteiger partial charge in [-0.15, -0.1) is 0 Å². The predicted molar refractivity (Wildman–Crippen MR) is 64.3 cm³/mol. The van der Waals surface area contributed by atoms with Crippen LogP contribution in [0.25, 0.3) is 0 Å². The minimum atomic E-state index is -0.376. The number of rotatable bonds is 2. The zero-order valence-electron chi connectivity index (χ0n) is 9.84. The molecule has 1 aliphatic rings. The van der Waals surface area contributed by atoms with Crippen molar-refractivity contribution in [3.05, 3.63) is 24.0 Å². The minimum absolute atomic E-state index is 0.0984. The Balaban J connectivity index is 2.10. The first-order valence-corrected chi connectivity index (χ1v) is 5.76. The second-order valence-electron chi connectivity index (χ2n) is 4.50. The van der Waals surface area contributed by atoms with Crippen LogP contribution in [0.1, 0.15) is 23.7 Å². The molecule has 1 aliphatic heterocycles. The molecular weight excluding hydrogens is 218 g/mol. The fourth-order valence-electron chi connectivity index (χ4n) is 2.12. The topological polar surface area (TPSA) is 79.5 Å². The van der Waals surface area contributed by atoms with Crippen molar-refractivity contribution in [2.45, 2.75) is 19.4 Å². The molecule has 17 heavy (non-hydrogen) atoms. The smallest absolute Gasteiger partial charge is 0.257 e. The van der Waals surface area contributed by atoms with Gasteiger partial charge in [0, 0.05) is 37.1 Å². The summed E-state index contributed by atoms with van der Waals surface area (Å²) in [6.07, 6.45) is 3.52. The highest BCUT2D eigenvalue weighted by molar-refractivity contribution is 5.98. The molecule has 5 nitrogen and oxygen atoms in total.